The van der Waals surface area contributed by atoms with E-state index >= 15 is 0 Å². The van der Waals surface area contributed by atoms with Gasteiger partial charge in [0.25, 0.3) is 0 Å². The van der Waals surface area contributed by atoms with Gasteiger partial charge in [0.15, 0.2) is 5.82 Å². The minimum Gasteiger partial charge on any atom is -0.381 e. The average Bonchev–Trinajstić information content (AvgIpc) is 2.53. The van der Waals surface area contributed by atoms with E-state index < -0.39 is 0 Å². The molecule has 0 amide bonds. The fourth-order valence-electron chi connectivity index (χ4n) is 0.937. The number of methoxy groups -OCH3 is 1. The molecule has 0 aliphatic carbocycles. The monoisotopic (exact) mass is 185 g/mol. The Morgan fingerprint density at radius 1 is 1.62 bits per heavy atom. The standard InChI is InChI=1S/C8H15N3O2/c1-6(12-3)4-7-10-8(5-9-2)13-11-7/h6,9H,4-5H2,1-3H3. The van der Waals surface area contributed by atoms with Gasteiger partial charge in [-0.3, -0.25) is 0 Å². The van der Waals surface area contributed by atoms with E-state index in [-0.39, 0.29) is 6.10 Å². The smallest absolute Gasteiger partial charge is 0.240 e. The molecule has 5 heteroatoms. The predicted octanol–water partition coefficient (Wildman–Crippen LogP) is 0.366. The molecule has 1 atom stereocenters. The van der Waals surface area contributed by atoms with E-state index in [0.717, 1.165) is 0 Å². The van der Waals surface area contributed by atoms with Gasteiger partial charge in [0.05, 0.1) is 12.6 Å². The highest BCUT2D eigenvalue weighted by Gasteiger charge is 2.08. The van der Waals surface area contributed by atoms with Crippen LogP contribution in [0, 0.1) is 0 Å². The van der Waals surface area contributed by atoms with Crippen LogP contribution >= 0.6 is 0 Å². The summed E-state index contributed by atoms with van der Waals surface area (Å²) in [6, 6.07) is 0. The van der Waals surface area contributed by atoms with Crippen LogP contribution in [0.1, 0.15) is 18.6 Å². The largest absolute Gasteiger partial charge is 0.381 e. The van der Waals surface area contributed by atoms with Crippen LogP contribution in [0.2, 0.25) is 0 Å². The van der Waals surface area contributed by atoms with Crippen LogP contribution in [-0.4, -0.2) is 30.4 Å². The Morgan fingerprint density at radius 2 is 2.38 bits per heavy atom. The molecule has 0 saturated carbocycles. The lowest BCUT2D eigenvalue weighted by Crippen LogP contribution is -2.10. The van der Waals surface area contributed by atoms with Crippen molar-refractivity contribution >= 4 is 0 Å². The maximum atomic E-state index is 5.09. The van der Waals surface area contributed by atoms with Crippen molar-refractivity contribution < 1.29 is 9.26 Å². The van der Waals surface area contributed by atoms with Gasteiger partial charge in [-0.15, -0.1) is 0 Å². The van der Waals surface area contributed by atoms with Gasteiger partial charge in [0, 0.05) is 13.5 Å². The van der Waals surface area contributed by atoms with Crippen LogP contribution in [0.15, 0.2) is 4.52 Å². The second-order valence-electron chi connectivity index (χ2n) is 2.89. The number of aromatic nitrogens is 2. The summed E-state index contributed by atoms with van der Waals surface area (Å²) in [6.07, 6.45) is 0.809. The Bertz CT molecular complexity index is 249. The first-order chi connectivity index (χ1) is 6.26. The zero-order valence-corrected chi connectivity index (χ0v) is 8.20. The highest BCUT2D eigenvalue weighted by molar-refractivity contribution is 4.87. The van der Waals surface area contributed by atoms with Gasteiger partial charge >= 0.3 is 0 Å². The third kappa shape index (κ3) is 3.12. The van der Waals surface area contributed by atoms with Crippen LogP contribution in [0.25, 0.3) is 0 Å². The molecule has 0 aromatic carbocycles. The van der Waals surface area contributed by atoms with E-state index in [1.807, 2.05) is 14.0 Å². The fraction of sp³-hybridized carbons (Fsp3) is 0.750. The Balaban J connectivity index is 2.48. The van der Waals surface area contributed by atoms with Crippen molar-refractivity contribution in [2.24, 2.45) is 0 Å². The second-order valence-corrected chi connectivity index (χ2v) is 2.89. The first kappa shape index (κ1) is 10.1. The lowest BCUT2D eigenvalue weighted by molar-refractivity contribution is 0.116. The molecule has 0 saturated heterocycles. The molecule has 13 heavy (non-hydrogen) atoms. The fourth-order valence-corrected chi connectivity index (χ4v) is 0.937. The van der Waals surface area contributed by atoms with Gasteiger partial charge in [-0.1, -0.05) is 5.16 Å². The minimum absolute atomic E-state index is 0.125. The highest BCUT2D eigenvalue weighted by atomic mass is 16.5. The average molecular weight is 185 g/mol. The summed E-state index contributed by atoms with van der Waals surface area (Å²) in [5.74, 6) is 1.31. The van der Waals surface area contributed by atoms with E-state index in [9.17, 15) is 0 Å². The number of hydrogen-bond acceptors (Lipinski definition) is 5. The third-order valence-corrected chi connectivity index (χ3v) is 1.71. The van der Waals surface area contributed by atoms with Crippen LogP contribution in [0.4, 0.5) is 0 Å². The summed E-state index contributed by atoms with van der Waals surface area (Å²) in [4.78, 5) is 4.17. The zero-order chi connectivity index (χ0) is 9.68. The molecule has 1 rings (SSSR count). The van der Waals surface area contributed by atoms with E-state index in [0.29, 0.717) is 24.7 Å². The molecule has 1 aromatic heterocycles. The van der Waals surface area contributed by atoms with Crippen LogP contribution in [0.3, 0.4) is 0 Å². The summed E-state index contributed by atoms with van der Waals surface area (Å²) < 4.78 is 10.1. The first-order valence-corrected chi connectivity index (χ1v) is 4.25. The predicted molar refractivity (Wildman–Crippen MR) is 47.2 cm³/mol. The van der Waals surface area contributed by atoms with E-state index in [1.54, 1.807) is 7.11 Å². The van der Waals surface area contributed by atoms with Crippen molar-refractivity contribution in [2.45, 2.75) is 26.0 Å². The molecule has 1 aromatic rings. The molecular weight excluding hydrogens is 170 g/mol. The molecule has 0 spiro atoms. The lowest BCUT2D eigenvalue weighted by Gasteiger charge is -2.03. The molecule has 5 nitrogen and oxygen atoms in total. The number of rotatable bonds is 5. The molecule has 1 heterocycles. The van der Waals surface area contributed by atoms with Crippen molar-refractivity contribution in [3.05, 3.63) is 11.7 Å². The SMILES string of the molecule is CNCc1nc(CC(C)OC)no1. The minimum atomic E-state index is 0.125. The molecule has 1 N–H and O–H groups in total. The molecule has 0 aliphatic rings. The first-order valence-electron chi connectivity index (χ1n) is 4.25. The summed E-state index contributed by atoms with van der Waals surface area (Å²) in [7, 11) is 3.50. The topological polar surface area (TPSA) is 60.2 Å². The summed E-state index contributed by atoms with van der Waals surface area (Å²) >= 11 is 0. The third-order valence-electron chi connectivity index (χ3n) is 1.71. The molecule has 0 fully saturated rings. The Hall–Kier alpha value is -0.940. The maximum absolute atomic E-state index is 5.09. The van der Waals surface area contributed by atoms with Crippen LogP contribution in [0.5, 0.6) is 0 Å². The summed E-state index contributed by atoms with van der Waals surface area (Å²) in [5, 5.41) is 6.75. The van der Waals surface area contributed by atoms with E-state index in [2.05, 4.69) is 15.5 Å². The van der Waals surface area contributed by atoms with Gasteiger partial charge in [0.2, 0.25) is 5.89 Å². The maximum Gasteiger partial charge on any atom is 0.240 e. The summed E-state index contributed by atoms with van der Waals surface area (Å²) in [5.41, 5.74) is 0. The molecule has 1 unspecified atom stereocenters. The number of hydrogen-bond donors (Lipinski definition) is 1. The number of nitrogens with zero attached hydrogens (tertiary/aromatic N) is 2. The van der Waals surface area contributed by atoms with Gasteiger partial charge in [-0.25, -0.2) is 0 Å². The Morgan fingerprint density at radius 3 is 3.00 bits per heavy atom. The number of nitrogens with one attached hydrogen (secondary N) is 1. The van der Waals surface area contributed by atoms with Crippen LogP contribution < -0.4 is 5.32 Å². The Kier molecular flexibility index (Phi) is 3.85. The highest BCUT2D eigenvalue weighted by Crippen LogP contribution is 2.01. The van der Waals surface area contributed by atoms with Crippen molar-refractivity contribution in [2.75, 3.05) is 14.2 Å². The molecule has 0 aliphatic heterocycles. The van der Waals surface area contributed by atoms with Gasteiger partial charge in [-0.05, 0) is 14.0 Å². The molecule has 74 valence electrons. The molecular formula is C8H15N3O2. The van der Waals surface area contributed by atoms with Crippen molar-refractivity contribution in [3.8, 4) is 0 Å². The molecule has 0 bridgehead atoms. The zero-order valence-electron chi connectivity index (χ0n) is 8.20. The Labute approximate surface area is 77.5 Å². The molecule has 0 radical (unpaired) electrons. The quantitative estimate of drug-likeness (QED) is 0.718. The second kappa shape index (κ2) is 4.94. The van der Waals surface area contributed by atoms with E-state index in [1.165, 1.54) is 0 Å². The van der Waals surface area contributed by atoms with Crippen molar-refractivity contribution in [1.82, 2.24) is 15.5 Å². The van der Waals surface area contributed by atoms with Gasteiger partial charge < -0.3 is 14.6 Å². The summed E-state index contributed by atoms with van der Waals surface area (Å²) in [6.45, 7) is 2.57. The van der Waals surface area contributed by atoms with Crippen LogP contribution in [-0.2, 0) is 17.7 Å². The lowest BCUT2D eigenvalue weighted by atomic mass is 10.3. The normalized spacial score (nSPS) is 13.2. The number of ether oxygens (including phenoxy) is 1. The van der Waals surface area contributed by atoms with Gasteiger partial charge in [0.1, 0.15) is 0 Å². The van der Waals surface area contributed by atoms with Gasteiger partial charge in [-0.2, -0.15) is 4.98 Å². The van der Waals surface area contributed by atoms with Crippen molar-refractivity contribution in [1.29, 1.82) is 0 Å². The van der Waals surface area contributed by atoms with E-state index in [4.69, 9.17) is 9.26 Å². The van der Waals surface area contributed by atoms with Crippen molar-refractivity contribution in [3.63, 3.8) is 0 Å².